The number of fused-ring (bicyclic) bond motifs is 4. The first-order valence-corrected chi connectivity index (χ1v) is 14.4. The quantitative estimate of drug-likeness (QED) is 0.461. The molecule has 1 spiro atoms. The molecule has 11 heteroatoms. The molecular weight excluding hydrogens is 520 g/mol. The summed E-state index contributed by atoms with van der Waals surface area (Å²) in [5.41, 5.74) is 4.90. The number of nitrogens with one attached hydrogen (secondary N) is 1. The van der Waals surface area contributed by atoms with E-state index in [0.717, 1.165) is 49.2 Å². The Morgan fingerprint density at radius 2 is 1.87 bits per heavy atom. The summed E-state index contributed by atoms with van der Waals surface area (Å²) in [6, 6.07) is 9.76. The Morgan fingerprint density at radius 3 is 2.46 bits per heavy atom. The summed E-state index contributed by atoms with van der Waals surface area (Å²) in [4.78, 5) is 17.0. The standard InChI is InChI=1S/C28H30N4O6S/c1-36-22-10-16(27(34)32-14-18(33)15-32)11-23(37-2)25(22)39(35)30-26-20-13-28(6-7-28)21-5-4-17(31-8-3-9-31)12-19(21)24(20)38-29-26/h4-5,10-12,18,33H,3,6-9,13-15H2,1-2H3,(H,29,30). The summed E-state index contributed by atoms with van der Waals surface area (Å²) in [6.07, 6.45) is 3.66. The molecule has 2 aliphatic carbocycles. The molecule has 10 nitrogen and oxygen atoms in total. The largest absolute Gasteiger partial charge is 0.495 e. The van der Waals surface area contributed by atoms with Gasteiger partial charge in [0.25, 0.3) is 5.91 Å². The third-order valence-corrected chi connectivity index (χ3v) is 9.58. The van der Waals surface area contributed by atoms with Crippen molar-refractivity contribution in [3.8, 4) is 22.8 Å². The number of β-amino-alcohol motifs (C(OH)–C–C–N with tert-alkyl or cyclic N) is 1. The minimum Gasteiger partial charge on any atom is -0.495 e. The van der Waals surface area contributed by atoms with Gasteiger partial charge in [0.15, 0.2) is 22.6 Å². The van der Waals surface area contributed by atoms with Gasteiger partial charge in [-0.3, -0.25) is 9.52 Å². The molecule has 1 atom stereocenters. The van der Waals surface area contributed by atoms with E-state index < -0.39 is 17.1 Å². The van der Waals surface area contributed by atoms with Gasteiger partial charge in [-0.1, -0.05) is 11.2 Å². The van der Waals surface area contributed by atoms with Crippen LogP contribution in [-0.2, 0) is 22.8 Å². The van der Waals surface area contributed by atoms with Crippen molar-refractivity contribution in [2.75, 3.05) is 50.0 Å². The SMILES string of the molecule is COc1cc(C(=O)N2CC(O)C2)cc(OC)c1S(=O)Nc1noc2c1CC1(CC1)c1ccc(N3CCC3)cc1-2. The fraction of sp³-hybridized carbons (Fsp3) is 0.429. The van der Waals surface area contributed by atoms with Gasteiger partial charge >= 0.3 is 0 Å². The lowest BCUT2D eigenvalue weighted by Gasteiger charge is -2.36. The van der Waals surface area contributed by atoms with Crippen LogP contribution in [0.4, 0.5) is 11.5 Å². The lowest BCUT2D eigenvalue weighted by Crippen LogP contribution is -2.53. The molecule has 2 aliphatic heterocycles. The number of aromatic nitrogens is 1. The highest BCUT2D eigenvalue weighted by molar-refractivity contribution is 7.86. The van der Waals surface area contributed by atoms with Gasteiger partial charge in [-0.15, -0.1) is 0 Å². The minimum atomic E-state index is -1.82. The van der Waals surface area contributed by atoms with Gasteiger partial charge < -0.3 is 28.9 Å². The predicted octanol–water partition coefficient (Wildman–Crippen LogP) is 3.11. The first kappa shape index (κ1) is 24.5. The highest BCUT2D eigenvalue weighted by atomic mass is 32.2. The number of likely N-dealkylation sites (tertiary alicyclic amines) is 1. The van der Waals surface area contributed by atoms with E-state index >= 15 is 0 Å². The van der Waals surface area contributed by atoms with Crippen molar-refractivity contribution >= 4 is 28.4 Å². The summed E-state index contributed by atoms with van der Waals surface area (Å²) < 4.78 is 33.7. The fourth-order valence-electron chi connectivity index (χ4n) is 5.88. The number of nitrogens with zero attached hydrogens (tertiary/aromatic N) is 3. The molecule has 4 aliphatic rings. The van der Waals surface area contributed by atoms with Crippen molar-refractivity contribution in [1.82, 2.24) is 10.1 Å². The molecule has 1 saturated carbocycles. The van der Waals surface area contributed by atoms with Gasteiger partial charge in [0.05, 0.1) is 20.3 Å². The van der Waals surface area contributed by atoms with E-state index in [4.69, 9.17) is 14.0 Å². The minimum absolute atomic E-state index is 0.0705. The third kappa shape index (κ3) is 3.89. The number of carbonyl (C=O) groups excluding carboxylic acids is 1. The van der Waals surface area contributed by atoms with E-state index in [1.54, 1.807) is 12.1 Å². The molecule has 2 N–H and O–H groups in total. The van der Waals surface area contributed by atoms with Gasteiger partial charge in [-0.2, -0.15) is 0 Å². The molecule has 1 aromatic heterocycles. The Morgan fingerprint density at radius 1 is 1.15 bits per heavy atom. The third-order valence-electron chi connectivity index (χ3n) is 8.43. The number of hydrogen-bond donors (Lipinski definition) is 2. The number of hydrogen-bond acceptors (Lipinski definition) is 8. The Hall–Kier alpha value is -3.57. The molecule has 7 rings (SSSR count). The zero-order valence-electron chi connectivity index (χ0n) is 21.9. The van der Waals surface area contributed by atoms with Crippen LogP contribution >= 0.6 is 0 Å². The van der Waals surface area contributed by atoms with Crippen molar-refractivity contribution in [3.05, 3.63) is 47.0 Å². The van der Waals surface area contributed by atoms with E-state index in [9.17, 15) is 14.1 Å². The maximum absolute atomic E-state index is 13.7. The zero-order valence-corrected chi connectivity index (χ0v) is 22.7. The van der Waals surface area contributed by atoms with Crippen LogP contribution < -0.4 is 19.1 Å². The molecule has 204 valence electrons. The van der Waals surface area contributed by atoms with Crippen LogP contribution in [0.3, 0.4) is 0 Å². The lowest BCUT2D eigenvalue weighted by molar-refractivity contribution is 0.00585. The second-order valence-electron chi connectivity index (χ2n) is 10.8. The van der Waals surface area contributed by atoms with Gasteiger partial charge in [-0.05, 0) is 55.5 Å². The number of anilines is 2. The number of aliphatic hydroxyl groups is 1. The summed E-state index contributed by atoms with van der Waals surface area (Å²) in [7, 11) is 1.09. The van der Waals surface area contributed by atoms with Crippen LogP contribution in [0.5, 0.6) is 11.5 Å². The Bertz CT molecular complexity index is 1480. The van der Waals surface area contributed by atoms with E-state index in [-0.39, 0.29) is 40.8 Å². The number of carbonyl (C=O) groups is 1. The summed E-state index contributed by atoms with van der Waals surface area (Å²) >= 11 is 0. The number of rotatable bonds is 7. The van der Waals surface area contributed by atoms with Gasteiger partial charge in [0.2, 0.25) is 0 Å². The topological polar surface area (TPSA) is 117 Å². The van der Waals surface area contributed by atoms with Crippen molar-refractivity contribution in [1.29, 1.82) is 0 Å². The van der Waals surface area contributed by atoms with E-state index in [1.807, 2.05) is 0 Å². The monoisotopic (exact) mass is 550 g/mol. The molecule has 3 aromatic rings. The molecule has 2 aromatic carbocycles. The molecule has 0 radical (unpaired) electrons. The maximum atomic E-state index is 13.7. The first-order valence-electron chi connectivity index (χ1n) is 13.2. The Balaban J connectivity index is 1.21. The normalized spacial score (nSPS) is 19.5. The summed E-state index contributed by atoms with van der Waals surface area (Å²) in [5.74, 6) is 1.42. The van der Waals surface area contributed by atoms with Crippen molar-refractivity contribution in [2.45, 2.75) is 42.1 Å². The van der Waals surface area contributed by atoms with Crippen LogP contribution in [0, 0.1) is 0 Å². The van der Waals surface area contributed by atoms with Gasteiger partial charge in [0, 0.05) is 54.0 Å². The number of aliphatic hydroxyl groups excluding tert-OH is 1. The maximum Gasteiger partial charge on any atom is 0.254 e. The van der Waals surface area contributed by atoms with E-state index in [2.05, 4.69) is 33.0 Å². The lowest BCUT2D eigenvalue weighted by atomic mass is 9.79. The van der Waals surface area contributed by atoms with Crippen molar-refractivity contribution in [3.63, 3.8) is 0 Å². The second kappa shape index (κ2) is 8.99. The van der Waals surface area contributed by atoms with Crippen LogP contribution in [-0.4, -0.2) is 71.8 Å². The Labute approximate surface area is 228 Å². The Kier molecular flexibility index (Phi) is 5.64. The molecule has 39 heavy (non-hydrogen) atoms. The highest BCUT2D eigenvalue weighted by Crippen LogP contribution is 2.59. The number of ether oxygens (including phenoxy) is 2. The molecule has 3 heterocycles. The molecule has 0 bridgehead atoms. The zero-order chi connectivity index (χ0) is 26.9. The van der Waals surface area contributed by atoms with Crippen molar-refractivity contribution in [2.24, 2.45) is 0 Å². The van der Waals surface area contributed by atoms with E-state index in [1.165, 1.54) is 36.8 Å². The molecule has 1 amide bonds. The highest BCUT2D eigenvalue weighted by Gasteiger charge is 2.50. The van der Waals surface area contributed by atoms with E-state index in [0.29, 0.717) is 11.4 Å². The van der Waals surface area contributed by atoms with Crippen LogP contribution in [0.1, 0.15) is 40.7 Å². The number of methoxy groups -OCH3 is 2. The molecular formula is C28H30N4O6S. The van der Waals surface area contributed by atoms with Gasteiger partial charge in [0.1, 0.15) is 16.4 Å². The van der Waals surface area contributed by atoms with Gasteiger partial charge in [-0.25, -0.2) is 4.21 Å². The van der Waals surface area contributed by atoms with Crippen molar-refractivity contribution < 1.29 is 28.1 Å². The first-order chi connectivity index (χ1) is 18.9. The number of benzene rings is 2. The summed E-state index contributed by atoms with van der Waals surface area (Å²) in [5, 5.41) is 13.9. The predicted molar refractivity (Wildman–Crippen MR) is 145 cm³/mol. The van der Waals surface area contributed by atoms with Crippen LogP contribution in [0.2, 0.25) is 0 Å². The van der Waals surface area contributed by atoms with Crippen LogP contribution in [0.25, 0.3) is 11.3 Å². The van der Waals surface area contributed by atoms with Crippen LogP contribution in [0.15, 0.2) is 39.8 Å². The second-order valence-corrected chi connectivity index (χ2v) is 12.0. The molecule has 1 unspecified atom stereocenters. The number of amides is 1. The average Bonchev–Trinajstić information content (AvgIpc) is 3.56. The molecule has 2 saturated heterocycles. The fourth-order valence-corrected chi connectivity index (χ4v) is 6.97. The smallest absolute Gasteiger partial charge is 0.254 e. The average molecular weight is 551 g/mol. The molecule has 3 fully saturated rings. The summed E-state index contributed by atoms with van der Waals surface area (Å²) in [6.45, 7) is 2.68.